The molecule has 4 fully saturated rings. The molecule has 0 aromatic heterocycles. The van der Waals surface area contributed by atoms with Crippen molar-refractivity contribution in [3.63, 3.8) is 0 Å². The summed E-state index contributed by atoms with van der Waals surface area (Å²) in [5.41, 5.74) is 4.19. The quantitative estimate of drug-likeness (QED) is 0.521. The highest BCUT2D eigenvalue weighted by molar-refractivity contribution is 5.06. The molecule has 2 nitrogen and oxygen atoms in total. The van der Waals surface area contributed by atoms with Crippen LogP contribution in [-0.4, -0.2) is 6.54 Å². The van der Waals surface area contributed by atoms with Gasteiger partial charge in [0.15, 0.2) is 0 Å². The van der Waals surface area contributed by atoms with Crippen molar-refractivity contribution in [1.82, 2.24) is 5.43 Å². The van der Waals surface area contributed by atoms with Crippen LogP contribution in [0.5, 0.6) is 0 Å². The van der Waals surface area contributed by atoms with Crippen molar-refractivity contribution >= 4 is 0 Å². The molecule has 3 N–H and O–H groups in total. The largest absolute Gasteiger partial charge is 0.271 e. The summed E-state index contributed by atoms with van der Waals surface area (Å²) in [5.74, 6) is 7.59. The molecule has 4 saturated carbocycles. The minimum absolute atomic E-state index is 0.577. The number of nitrogens with two attached hydrogens (primary N) is 1. The Balaban J connectivity index is 1.89. The van der Waals surface area contributed by atoms with Gasteiger partial charge in [-0.2, -0.15) is 0 Å². The molecule has 2 atom stereocenters. The lowest BCUT2D eigenvalue weighted by Gasteiger charge is -2.61. The van der Waals surface area contributed by atoms with Gasteiger partial charge in [-0.25, -0.2) is 0 Å². The van der Waals surface area contributed by atoms with Crippen molar-refractivity contribution < 1.29 is 0 Å². The molecule has 14 heavy (non-hydrogen) atoms. The van der Waals surface area contributed by atoms with Crippen molar-refractivity contribution in [2.75, 3.05) is 6.54 Å². The second-order valence-corrected chi connectivity index (χ2v) is 6.65. The fourth-order valence-electron chi connectivity index (χ4n) is 5.35. The van der Waals surface area contributed by atoms with Gasteiger partial charge in [-0.1, -0.05) is 6.92 Å². The van der Waals surface area contributed by atoms with Crippen molar-refractivity contribution in [3.05, 3.63) is 0 Å². The molecule has 2 unspecified atom stereocenters. The third-order valence-electron chi connectivity index (χ3n) is 4.95. The van der Waals surface area contributed by atoms with Crippen molar-refractivity contribution in [2.45, 2.75) is 45.4 Å². The van der Waals surface area contributed by atoms with Crippen LogP contribution in [0.3, 0.4) is 0 Å². The standard InChI is InChI=1S/C12H22N2/c1-11-3-9-2-10(4-11)6-12(5-9,7-11)8-14-13/h9-10,14H,2-8,13H2,1H3. The number of hydrogen-bond acceptors (Lipinski definition) is 2. The first-order valence-electron chi connectivity index (χ1n) is 6.07. The van der Waals surface area contributed by atoms with Gasteiger partial charge in [0.05, 0.1) is 0 Å². The maximum atomic E-state index is 5.54. The average Bonchev–Trinajstić information content (AvgIpc) is 1.97. The molecule has 2 heteroatoms. The zero-order valence-corrected chi connectivity index (χ0v) is 9.18. The van der Waals surface area contributed by atoms with Crippen LogP contribution < -0.4 is 11.3 Å². The van der Waals surface area contributed by atoms with Gasteiger partial charge in [0.2, 0.25) is 0 Å². The van der Waals surface area contributed by atoms with E-state index in [1.54, 1.807) is 0 Å². The third-order valence-corrected chi connectivity index (χ3v) is 4.95. The maximum Gasteiger partial charge on any atom is 0.0154 e. The zero-order chi connectivity index (χ0) is 9.81. The lowest BCUT2D eigenvalue weighted by atomic mass is 9.45. The summed E-state index contributed by atoms with van der Waals surface area (Å²) in [5, 5.41) is 0. The topological polar surface area (TPSA) is 38.0 Å². The fraction of sp³-hybridized carbons (Fsp3) is 1.00. The second-order valence-electron chi connectivity index (χ2n) is 6.65. The molecular formula is C12H22N2. The van der Waals surface area contributed by atoms with Gasteiger partial charge in [-0.3, -0.25) is 11.3 Å². The van der Waals surface area contributed by atoms with E-state index in [4.69, 9.17) is 5.84 Å². The van der Waals surface area contributed by atoms with E-state index in [0.717, 1.165) is 18.4 Å². The maximum absolute atomic E-state index is 5.54. The van der Waals surface area contributed by atoms with E-state index in [-0.39, 0.29) is 0 Å². The Morgan fingerprint density at radius 3 is 2.36 bits per heavy atom. The van der Waals surface area contributed by atoms with E-state index in [0.29, 0.717) is 10.8 Å². The Hall–Kier alpha value is -0.0800. The number of hydrazine groups is 1. The number of nitrogens with one attached hydrogen (secondary N) is 1. The molecule has 4 bridgehead atoms. The van der Waals surface area contributed by atoms with E-state index >= 15 is 0 Å². The van der Waals surface area contributed by atoms with Gasteiger partial charge in [-0.15, -0.1) is 0 Å². The first-order chi connectivity index (χ1) is 6.63. The summed E-state index contributed by atoms with van der Waals surface area (Å²) in [6.45, 7) is 3.56. The van der Waals surface area contributed by atoms with Gasteiger partial charge >= 0.3 is 0 Å². The van der Waals surface area contributed by atoms with Crippen molar-refractivity contribution in [1.29, 1.82) is 0 Å². The van der Waals surface area contributed by atoms with E-state index in [1.807, 2.05) is 0 Å². The van der Waals surface area contributed by atoms with Gasteiger partial charge in [0, 0.05) is 6.54 Å². The summed E-state index contributed by atoms with van der Waals surface area (Å²) in [6.07, 6.45) is 8.83. The van der Waals surface area contributed by atoms with Crippen LogP contribution in [-0.2, 0) is 0 Å². The predicted octanol–water partition coefficient (Wildman–Crippen LogP) is 2.06. The van der Waals surface area contributed by atoms with Crippen molar-refractivity contribution in [2.24, 2.45) is 28.5 Å². The van der Waals surface area contributed by atoms with Gasteiger partial charge in [-0.05, 0) is 61.2 Å². The highest BCUT2D eigenvalue weighted by Gasteiger charge is 2.55. The van der Waals surface area contributed by atoms with Crippen LogP contribution in [0.2, 0.25) is 0 Å². The highest BCUT2D eigenvalue weighted by Crippen LogP contribution is 2.64. The molecule has 0 aromatic carbocycles. The molecule has 0 aliphatic heterocycles. The Morgan fingerprint density at radius 2 is 1.86 bits per heavy atom. The number of hydrogen-bond donors (Lipinski definition) is 2. The molecule has 4 aliphatic rings. The van der Waals surface area contributed by atoms with Gasteiger partial charge in [0.1, 0.15) is 0 Å². The first-order valence-corrected chi connectivity index (χ1v) is 6.07. The molecule has 0 spiro atoms. The second kappa shape index (κ2) is 2.73. The highest BCUT2D eigenvalue weighted by atomic mass is 15.2. The summed E-state index contributed by atoms with van der Waals surface area (Å²) in [7, 11) is 0. The Bertz CT molecular complexity index is 235. The first kappa shape index (κ1) is 9.17. The average molecular weight is 194 g/mol. The summed E-state index contributed by atoms with van der Waals surface area (Å²) >= 11 is 0. The van der Waals surface area contributed by atoms with E-state index in [1.165, 1.54) is 38.5 Å². The van der Waals surface area contributed by atoms with Gasteiger partial charge in [0.25, 0.3) is 0 Å². The van der Waals surface area contributed by atoms with Crippen LogP contribution >= 0.6 is 0 Å². The zero-order valence-electron chi connectivity index (χ0n) is 9.18. The van der Waals surface area contributed by atoms with Crippen LogP contribution in [0.1, 0.15) is 45.4 Å². The minimum atomic E-state index is 0.577. The monoisotopic (exact) mass is 194 g/mol. The smallest absolute Gasteiger partial charge is 0.0154 e. The predicted molar refractivity (Wildman–Crippen MR) is 57.4 cm³/mol. The molecule has 0 amide bonds. The number of rotatable bonds is 2. The van der Waals surface area contributed by atoms with Gasteiger partial charge < -0.3 is 0 Å². The lowest BCUT2D eigenvalue weighted by molar-refractivity contribution is -0.0998. The van der Waals surface area contributed by atoms with Crippen LogP contribution in [0, 0.1) is 22.7 Å². The molecule has 4 rings (SSSR count). The van der Waals surface area contributed by atoms with E-state index in [9.17, 15) is 0 Å². The molecule has 0 heterocycles. The van der Waals surface area contributed by atoms with Crippen molar-refractivity contribution in [3.8, 4) is 0 Å². The molecular weight excluding hydrogens is 172 g/mol. The Labute approximate surface area is 86.6 Å². The molecule has 80 valence electrons. The van der Waals surface area contributed by atoms with E-state index in [2.05, 4.69) is 12.3 Å². The van der Waals surface area contributed by atoms with Crippen LogP contribution in [0.4, 0.5) is 0 Å². The lowest BCUT2D eigenvalue weighted by Crippen LogP contribution is -2.54. The Morgan fingerprint density at radius 1 is 1.21 bits per heavy atom. The summed E-state index contributed by atoms with van der Waals surface area (Å²) < 4.78 is 0. The fourth-order valence-corrected chi connectivity index (χ4v) is 5.35. The van der Waals surface area contributed by atoms with Crippen LogP contribution in [0.15, 0.2) is 0 Å². The SMILES string of the molecule is CC12CC3CC(C1)CC(CNN)(C3)C2. The molecule has 4 aliphatic carbocycles. The molecule has 0 saturated heterocycles. The van der Waals surface area contributed by atoms with E-state index < -0.39 is 0 Å². The normalized spacial score (nSPS) is 55.3. The summed E-state index contributed by atoms with van der Waals surface area (Å²) in [4.78, 5) is 0. The molecule has 0 aromatic rings. The van der Waals surface area contributed by atoms with Crippen LogP contribution in [0.25, 0.3) is 0 Å². The minimum Gasteiger partial charge on any atom is -0.271 e. The third kappa shape index (κ3) is 1.24. The summed E-state index contributed by atoms with van der Waals surface area (Å²) in [6, 6.07) is 0. The Kier molecular flexibility index (Phi) is 1.79. The molecule has 0 radical (unpaired) electrons.